The van der Waals surface area contributed by atoms with Gasteiger partial charge in [0.05, 0.1) is 4.43 Å². The fourth-order valence-electron chi connectivity index (χ4n) is 0.818. The second-order valence-corrected chi connectivity index (χ2v) is 3.70. The van der Waals surface area contributed by atoms with E-state index < -0.39 is 0 Å². The monoisotopic (exact) mass is 292 g/mol. The summed E-state index contributed by atoms with van der Waals surface area (Å²) in [4.78, 5) is 4.19. The Morgan fingerprint density at radius 1 is 1.58 bits per heavy atom. The van der Waals surface area contributed by atoms with Crippen molar-refractivity contribution in [3.05, 3.63) is 22.7 Å². The summed E-state index contributed by atoms with van der Waals surface area (Å²) in [6, 6.07) is 1.98. The van der Waals surface area contributed by atoms with E-state index in [1.54, 1.807) is 11.3 Å². The molecule has 0 saturated carbocycles. The van der Waals surface area contributed by atoms with Crippen molar-refractivity contribution in [3.63, 3.8) is 0 Å². The third kappa shape index (κ3) is 1.51. The highest BCUT2D eigenvalue weighted by Crippen LogP contribution is 2.19. The van der Waals surface area contributed by atoms with Crippen molar-refractivity contribution in [2.75, 3.05) is 0 Å². The van der Waals surface area contributed by atoms with Crippen LogP contribution < -0.4 is 0 Å². The van der Waals surface area contributed by atoms with Crippen molar-refractivity contribution in [2.45, 2.75) is 4.43 Å². The van der Waals surface area contributed by atoms with Crippen LogP contribution in [0.15, 0.2) is 21.3 Å². The Morgan fingerprint density at radius 3 is 3.08 bits per heavy atom. The van der Waals surface area contributed by atoms with Gasteiger partial charge in [-0.2, -0.15) is 16.3 Å². The highest BCUT2D eigenvalue weighted by atomic mass is 127. The lowest BCUT2D eigenvalue weighted by Gasteiger charge is -1.81. The third-order valence-electron chi connectivity index (χ3n) is 1.36. The standard InChI is InChI=1S/C7H5IN2OS/c8-3-6-9-7(10-11-6)5-1-2-12-4-5/h1-2,4H,3H2. The summed E-state index contributed by atoms with van der Waals surface area (Å²) in [7, 11) is 0. The quantitative estimate of drug-likeness (QED) is 0.631. The highest BCUT2D eigenvalue weighted by molar-refractivity contribution is 14.1. The summed E-state index contributed by atoms with van der Waals surface area (Å²) < 4.78 is 5.73. The van der Waals surface area contributed by atoms with E-state index in [1.807, 2.05) is 16.8 Å². The van der Waals surface area contributed by atoms with Crippen LogP contribution in [0.3, 0.4) is 0 Å². The van der Waals surface area contributed by atoms with E-state index in [1.165, 1.54) is 0 Å². The summed E-state index contributed by atoms with van der Waals surface area (Å²) in [6.07, 6.45) is 0. The van der Waals surface area contributed by atoms with Gasteiger partial charge in [0.1, 0.15) is 0 Å². The van der Waals surface area contributed by atoms with E-state index in [4.69, 9.17) is 4.52 Å². The van der Waals surface area contributed by atoms with Gasteiger partial charge in [-0.25, -0.2) is 0 Å². The average molecular weight is 292 g/mol. The maximum absolute atomic E-state index is 4.97. The van der Waals surface area contributed by atoms with E-state index in [2.05, 4.69) is 32.7 Å². The van der Waals surface area contributed by atoms with Crippen molar-refractivity contribution in [1.29, 1.82) is 0 Å². The van der Waals surface area contributed by atoms with Crippen molar-refractivity contribution in [3.8, 4) is 11.4 Å². The summed E-state index contributed by atoms with van der Waals surface area (Å²) in [5.41, 5.74) is 1.03. The molecule has 2 aromatic heterocycles. The molecule has 12 heavy (non-hydrogen) atoms. The first-order valence-electron chi connectivity index (χ1n) is 3.31. The van der Waals surface area contributed by atoms with Crippen molar-refractivity contribution in [1.82, 2.24) is 10.1 Å². The Labute approximate surface area is 86.9 Å². The average Bonchev–Trinajstić information content (AvgIpc) is 2.75. The maximum atomic E-state index is 4.97. The minimum absolute atomic E-state index is 0.678. The molecular formula is C7H5IN2OS. The smallest absolute Gasteiger partial charge is 0.236 e. The maximum Gasteiger partial charge on any atom is 0.236 e. The van der Waals surface area contributed by atoms with Crippen LogP contribution in [0.25, 0.3) is 11.4 Å². The molecule has 0 N–H and O–H groups in total. The number of rotatable bonds is 2. The van der Waals surface area contributed by atoms with Gasteiger partial charge in [0.2, 0.25) is 11.7 Å². The zero-order chi connectivity index (χ0) is 8.39. The van der Waals surface area contributed by atoms with Gasteiger partial charge in [-0.15, -0.1) is 0 Å². The van der Waals surface area contributed by atoms with Gasteiger partial charge in [0.15, 0.2) is 0 Å². The molecule has 0 aliphatic rings. The van der Waals surface area contributed by atoms with Crippen LogP contribution in [0.2, 0.25) is 0 Å². The molecule has 2 aromatic rings. The van der Waals surface area contributed by atoms with Crippen LogP contribution in [0, 0.1) is 0 Å². The largest absolute Gasteiger partial charge is 0.338 e. The fourth-order valence-corrected chi connectivity index (χ4v) is 1.76. The highest BCUT2D eigenvalue weighted by Gasteiger charge is 2.06. The second kappa shape index (κ2) is 3.53. The molecule has 0 atom stereocenters. The Morgan fingerprint density at radius 2 is 2.50 bits per heavy atom. The molecule has 3 nitrogen and oxygen atoms in total. The van der Waals surface area contributed by atoms with E-state index in [9.17, 15) is 0 Å². The Hall–Kier alpha value is -0.430. The molecule has 0 fully saturated rings. The van der Waals surface area contributed by atoms with Gasteiger partial charge < -0.3 is 4.52 Å². The number of aromatic nitrogens is 2. The van der Waals surface area contributed by atoms with Gasteiger partial charge >= 0.3 is 0 Å². The Kier molecular flexibility index (Phi) is 2.40. The van der Waals surface area contributed by atoms with Gasteiger partial charge in [-0.1, -0.05) is 27.7 Å². The number of halogens is 1. The van der Waals surface area contributed by atoms with Crippen LogP contribution in [-0.2, 0) is 4.43 Å². The zero-order valence-corrected chi connectivity index (χ0v) is 9.00. The lowest BCUT2D eigenvalue weighted by Crippen LogP contribution is -1.77. The summed E-state index contributed by atoms with van der Waals surface area (Å²) in [5, 5.41) is 7.84. The SMILES string of the molecule is ICc1nc(-c2ccsc2)no1. The van der Waals surface area contributed by atoms with Gasteiger partial charge in [0, 0.05) is 10.9 Å². The van der Waals surface area contributed by atoms with Crippen LogP contribution in [-0.4, -0.2) is 10.1 Å². The number of hydrogen-bond acceptors (Lipinski definition) is 4. The normalized spacial score (nSPS) is 10.4. The third-order valence-corrected chi connectivity index (χ3v) is 2.70. The first-order chi connectivity index (χ1) is 5.90. The predicted molar refractivity (Wildman–Crippen MR) is 55.3 cm³/mol. The Balaban J connectivity index is 2.35. The second-order valence-electron chi connectivity index (χ2n) is 2.16. The summed E-state index contributed by atoms with van der Waals surface area (Å²) in [6.45, 7) is 0. The van der Waals surface area contributed by atoms with Crippen LogP contribution in [0.1, 0.15) is 5.89 Å². The minimum atomic E-state index is 0.678. The van der Waals surface area contributed by atoms with E-state index in [-0.39, 0.29) is 0 Å². The molecule has 0 amide bonds. The predicted octanol–water partition coefficient (Wildman–Crippen LogP) is 2.73. The fraction of sp³-hybridized carbons (Fsp3) is 0.143. The van der Waals surface area contributed by atoms with Crippen molar-refractivity contribution in [2.24, 2.45) is 0 Å². The van der Waals surface area contributed by atoms with Crippen LogP contribution >= 0.6 is 33.9 Å². The molecule has 2 heterocycles. The molecule has 62 valence electrons. The number of alkyl halides is 1. The lowest BCUT2D eigenvalue weighted by molar-refractivity contribution is 0.393. The van der Waals surface area contributed by atoms with Gasteiger partial charge in [0.25, 0.3) is 0 Å². The Bertz CT molecular complexity index is 357. The molecule has 0 aliphatic carbocycles. The summed E-state index contributed by atoms with van der Waals surface area (Å²) >= 11 is 3.82. The first-order valence-corrected chi connectivity index (χ1v) is 5.78. The van der Waals surface area contributed by atoms with Crippen molar-refractivity contribution >= 4 is 33.9 Å². The van der Waals surface area contributed by atoms with E-state index in [0.717, 1.165) is 9.99 Å². The molecule has 0 spiro atoms. The minimum Gasteiger partial charge on any atom is -0.338 e. The molecule has 0 unspecified atom stereocenters. The van der Waals surface area contributed by atoms with Crippen LogP contribution in [0.4, 0.5) is 0 Å². The molecule has 0 bridgehead atoms. The first kappa shape index (κ1) is 8.18. The van der Waals surface area contributed by atoms with Gasteiger partial charge in [-0.3, -0.25) is 0 Å². The molecule has 0 aliphatic heterocycles. The number of thiophene rings is 1. The molecule has 0 saturated heterocycles. The molecule has 2 rings (SSSR count). The molecule has 5 heteroatoms. The zero-order valence-electron chi connectivity index (χ0n) is 6.03. The van der Waals surface area contributed by atoms with Crippen molar-refractivity contribution < 1.29 is 4.52 Å². The van der Waals surface area contributed by atoms with Crippen LogP contribution in [0.5, 0.6) is 0 Å². The number of hydrogen-bond donors (Lipinski definition) is 0. The summed E-state index contributed by atoms with van der Waals surface area (Å²) in [5.74, 6) is 1.36. The van der Waals surface area contributed by atoms with E-state index in [0.29, 0.717) is 11.7 Å². The van der Waals surface area contributed by atoms with Gasteiger partial charge in [-0.05, 0) is 11.4 Å². The molecular weight excluding hydrogens is 287 g/mol. The van der Waals surface area contributed by atoms with E-state index >= 15 is 0 Å². The molecule has 0 aromatic carbocycles. The topological polar surface area (TPSA) is 38.9 Å². The number of nitrogens with zero attached hydrogens (tertiary/aromatic N) is 2. The lowest BCUT2D eigenvalue weighted by atomic mass is 10.3. The molecule has 0 radical (unpaired) electrons.